The van der Waals surface area contributed by atoms with Crippen LogP contribution < -0.4 is 5.32 Å². The van der Waals surface area contributed by atoms with E-state index in [4.69, 9.17) is 0 Å². The van der Waals surface area contributed by atoms with E-state index in [0.717, 1.165) is 5.69 Å². The molecule has 1 heterocycles. The van der Waals surface area contributed by atoms with Gasteiger partial charge in [-0.25, -0.2) is 0 Å². The molecule has 1 N–H and O–H groups in total. The average Bonchev–Trinajstić information content (AvgIpc) is 2.15. The van der Waals surface area contributed by atoms with E-state index in [-0.39, 0.29) is 11.3 Å². The molecule has 0 fully saturated rings. The minimum Gasteiger partial charge on any atom is -0.305 e. The van der Waals surface area contributed by atoms with Crippen LogP contribution in [-0.2, 0) is 11.2 Å². The fourth-order valence-corrected chi connectivity index (χ4v) is 1.13. The number of carbonyl (C=O) groups is 1. The molecule has 0 amide bonds. The molecule has 0 atom stereocenters. The van der Waals surface area contributed by atoms with Crippen molar-refractivity contribution in [3.63, 3.8) is 0 Å². The molecule has 1 aromatic heterocycles. The summed E-state index contributed by atoms with van der Waals surface area (Å²) in [5.74, 6) is 0.170. The van der Waals surface area contributed by atoms with Crippen molar-refractivity contribution in [2.45, 2.75) is 32.7 Å². The number of hydrogen-bond donors (Lipinski definition) is 1. The molecule has 1 rings (SSSR count). The number of Topliss-reactive ketones (excluding diaryl/α,β-unsaturated/α-hetero) is 1. The van der Waals surface area contributed by atoms with Gasteiger partial charge in [0.2, 0.25) is 0 Å². The highest BCUT2D eigenvalue weighted by atomic mass is 16.1. The zero-order chi connectivity index (χ0) is 11.3. The third kappa shape index (κ3) is 5.27. The van der Waals surface area contributed by atoms with E-state index in [9.17, 15) is 4.79 Å². The van der Waals surface area contributed by atoms with Gasteiger partial charge in [0.15, 0.2) is 5.78 Å². The Morgan fingerprint density at radius 1 is 1.40 bits per heavy atom. The lowest BCUT2D eigenvalue weighted by atomic mass is 10.1. The Bertz CT molecular complexity index is 314. The highest BCUT2D eigenvalue weighted by Crippen LogP contribution is 1.99. The van der Waals surface area contributed by atoms with Crippen LogP contribution in [0.3, 0.4) is 0 Å². The van der Waals surface area contributed by atoms with Gasteiger partial charge in [-0.05, 0) is 32.9 Å². The molecule has 0 saturated carbocycles. The minimum absolute atomic E-state index is 0.0141. The third-order valence-electron chi connectivity index (χ3n) is 1.92. The second-order valence-corrected chi connectivity index (χ2v) is 4.64. The van der Waals surface area contributed by atoms with Gasteiger partial charge in [-0.15, -0.1) is 0 Å². The molecule has 0 unspecified atom stereocenters. The maximum Gasteiger partial charge on any atom is 0.152 e. The van der Waals surface area contributed by atoms with Crippen molar-refractivity contribution < 1.29 is 4.79 Å². The summed E-state index contributed by atoms with van der Waals surface area (Å²) in [6, 6.07) is 5.61. The Morgan fingerprint density at radius 3 is 2.67 bits per heavy atom. The SMILES string of the molecule is CC(C)(C)NCC(=O)Cc1ccccn1. The predicted octanol–water partition coefficient (Wildman–Crippen LogP) is 1.58. The van der Waals surface area contributed by atoms with Crippen LogP contribution in [0.15, 0.2) is 24.4 Å². The first-order valence-corrected chi connectivity index (χ1v) is 5.14. The molecule has 0 aromatic carbocycles. The van der Waals surface area contributed by atoms with Crippen LogP contribution in [0.5, 0.6) is 0 Å². The zero-order valence-electron chi connectivity index (χ0n) is 9.58. The van der Waals surface area contributed by atoms with E-state index in [0.29, 0.717) is 13.0 Å². The molecular formula is C12H18N2O. The first-order chi connectivity index (χ1) is 6.97. The number of ketones is 1. The van der Waals surface area contributed by atoms with Gasteiger partial charge in [-0.3, -0.25) is 9.78 Å². The average molecular weight is 206 g/mol. The molecule has 82 valence electrons. The fraction of sp³-hybridized carbons (Fsp3) is 0.500. The van der Waals surface area contributed by atoms with E-state index >= 15 is 0 Å². The number of carbonyl (C=O) groups excluding carboxylic acids is 1. The topological polar surface area (TPSA) is 42.0 Å². The quantitative estimate of drug-likeness (QED) is 0.813. The Morgan fingerprint density at radius 2 is 2.13 bits per heavy atom. The highest BCUT2D eigenvalue weighted by Gasteiger charge is 2.11. The molecular weight excluding hydrogens is 188 g/mol. The zero-order valence-corrected chi connectivity index (χ0v) is 9.58. The monoisotopic (exact) mass is 206 g/mol. The maximum absolute atomic E-state index is 11.6. The second-order valence-electron chi connectivity index (χ2n) is 4.64. The summed E-state index contributed by atoms with van der Waals surface area (Å²) in [5.41, 5.74) is 0.818. The summed E-state index contributed by atoms with van der Waals surface area (Å²) in [6.45, 7) is 6.53. The summed E-state index contributed by atoms with van der Waals surface area (Å²) in [4.78, 5) is 15.7. The van der Waals surface area contributed by atoms with Crippen LogP contribution in [0.2, 0.25) is 0 Å². The van der Waals surface area contributed by atoms with Crippen LogP contribution in [0.1, 0.15) is 26.5 Å². The van der Waals surface area contributed by atoms with Crippen molar-refractivity contribution in [2.24, 2.45) is 0 Å². The van der Waals surface area contributed by atoms with Gasteiger partial charge in [0.05, 0.1) is 13.0 Å². The van der Waals surface area contributed by atoms with E-state index in [2.05, 4.69) is 10.3 Å². The Labute approximate surface area is 90.9 Å². The number of aromatic nitrogens is 1. The summed E-state index contributed by atoms with van der Waals surface area (Å²) in [6.07, 6.45) is 2.11. The molecule has 0 radical (unpaired) electrons. The second kappa shape index (κ2) is 5.03. The van der Waals surface area contributed by atoms with Crippen molar-refractivity contribution in [1.82, 2.24) is 10.3 Å². The van der Waals surface area contributed by atoms with Crippen LogP contribution in [-0.4, -0.2) is 22.9 Å². The molecule has 0 spiro atoms. The summed E-state index contributed by atoms with van der Waals surface area (Å²) in [7, 11) is 0. The molecule has 0 bridgehead atoms. The Balaban J connectivity index is 2.38. The van der Waals surface area contributed by atoms with Gasteiger partial charge in [0.1, 0.15) is 0 Å². The number of nitrogens with zero attached hydrogens (tertiary/aromatic N) is 1. The molecule has 0 aliphatic carbocycles. The van der Waals surface area contributed by atoms with E-state index in [1.54, 1.807) is 6.20 Å². The molecule has 1 aromatic rings. The van der Waals surface area contributed by atoms with Crippen molar-refractivity contribution >= 4 is 5.78 Å². The van der Waals surface area contributed by atoms with Crippen molar-refractivity contribution in [2.75, 3.05) is 6.54 Å². The maximum atomic E-state index is 11.6. The lowest BCUT2D eigenvalue weighted by Crippen LogP contribution is -2.39. The van der Waals surface area contributed by atoms with Crippen molar-refractivity contribution in [3.05, 3.63) is 30.1 Å². The Hall–Kier alpha value is -1.22. The van der Waals surface area contributed by atoms with Gasteiger partial charge in [0, 0.05) is 17.4 Å². The number of nitrogens with one attached hydrogen (secondary N) is 1. The lowest BCUT2D eigenvalue weighted by Gasteiger charge is -2.19. The number of pyridine rings is 1. The van der Waals surface area contributed by atoms with Crippen LogP contribution in [0.25, 0.3) is 0 Å². The fourth-order valence-electron chi connectivity index (χ4n) is 1.13. The minimum atomic E-state index is -0.0141. The standard InChI is InChI=1S/C12H18N2O/c1-12(2,3)14-9-11(15)8-10-6-4-5-7-13-10/h4-7,14H,8-9H2,1-3H3. The van der Waals surface area contributed by atoms with E-state index < -0.39 is 0 Å². The Kier molecular flexibility index (Phi) is 3.97. The summed E-state index contributed by atoms with van der Waals surface area (Å²) >= 11 is 0. The summed E-state index contributed by atoms with van der Waals surface area (Å²) < 4.78 is 0. The van der Waals surface area contributed by atoms with Crippen molar-refractivity contribution in [3.8, 4) is 0 Å². The lowest BCUT2D eigenvalue weighted by molar-refractivity contribution is -0.117. The number of rotatable bonds is 4. The van der Waals surface area contributed by atoms with Crippen LogP contribution >= 0.6 is 0 Å². The molecule has 3 nitrogen and oxygen atoms in total. The first kappa shape index (κ1) is 11.9. The van der Waals surface area contributed by atoms with Gasteiger partial charge < -0.3 is 5.32 Å². The van der Waals surface area contributed by atoms with Gasteiger partial charge in [-0.2, -0.15) is 0 Å². The number of hydrogen-bond acceptors (Lipinski definition) is 3. The van der Waals surface area contributed by atoms with E-state index in [1.165, 1.54) is 0 Å². The van der Waals surface area contributed by atoms with Gasteiger partial charge >= 0.3 is 0 Å². The molecule has 0 saturated heterocycles. The third-order valence-corrected chi connectivity index (χ3v) is 1.92. The molecule has 0 aliphatic heterocycles. The highest BCUT2D eigenvalue weighted by molar-refractivity contribution is 5.82. The van der Waals surface area contributed by atoms with Gasteiger partial charge in [-0.1, -0.05) is 6.07 Å². The normalized spacial score (nSPS) is 11.4. The first-order valence-electron chi connectivity index (χ1n) is 5.14. The molecule has 3 heteroatoms. The smallest absolute Gasteiger partial charge is 0.152 e. The molecule has 0 aliphatic rings. The van der Waals surface area contributed by atoms with E-state index in [1.807, 2.05) is 39.0 Å². The van der Waals surface area contributed by atoms with Crippen molar-refractivity contribution in [1.29, 1.82) is 0 Å². The molecule has 15 heavy (non-hydrogen) atoms. The van der Waals surface area contributed by atoms with Gasteiger partial charge in [0.25, 0.3) is 0 Å². The van der Waals surface area contributed by atoms with Crippen LogP contribution in [0.4, 0.5) is 0 Å². The summed E-state index contributed by atoms with van der Waals surface area (Å²) in [5, 5.41) is 3.16. The predicted molar refractivity (Wildman–Crippen MR) is 60.7 cm³/mol. The van der Waals surface area contributed by atoms with Crippen LogP contribution in [0, 0.1) is 0 Å². The largest absolute Gasteiger partial charge is 0.305 e.